The average molecular weight is 160 g/mol. The number of ether oxygens (including phenoxy) is 1. The Labute approximate surface area is 67.5 Å². The van der Waals surface area contributed by atoms with Crippen LogP contribution >= 0.6 is 0 Å². The van der Waals surface area contributed by atoms with E-state index in [0.29, 0.717) is 6.54 Å². The van der Waals surface area contributed by atoms with E-state index in [2.05, 4.69) is 5.43 Å². The van der Waals surface area contributed by atoms with Crippen molar-refractivity contribution < 1.29 is 9.53 Å². The minimum absolute atomic E-state index is 0.0649. The van der Waals surface area contributed by atoms with Gasteiger partial charge in [0, 0.05) is 13.6 Å². The predicted octanol–water partition coefficient (Wildman–Crippen LogP) is 0.988. The van der Waals surface area contributed by atoms with E-state index in [1.807, 2.05) is 20.8 Å². The molecule has 0 aromatic heterocycles. The first kappa shape index (κ1) is 10.2. The molecule has 0 aliphatic carbocycles. The molecule has 0 fully saturated rings. The van der Waals surface area contributed by atoms with Gasteiger partial charge < -0.3 is 4.74 Å². The minimum atomic E-state index is -0.329. The molecule has 1 amide bonds. The zero-order chi connectivity index (χ0) is 8.85. The van der Waals surface area contributed by atoms with E-state index in [9.17, 15) is 4.79 Å². The Bertz CT molecular complexity index is 122. The van der Waals surface area contributed by atoms with Crippen LogP contribution in [0.4, 0.5) is 4.79 Å². The van der Waals surface area contributed by atoms with Gasteiger partial charge in [-0.2, -0.15) is 0 Å². The maximum absolute atomic E-state index is 11.1. The summed E-state index contributed by atoms with van der Waals surface area (Å²) in [6.45, 7) is 6.11. The van der Waals surface area contributed by atoms with Crippen LogP contribution in [0.5, 0.6) is 0 Å². The summed E-state index contributed by atoms with van der Waals surface area (Å²) in [5.41, 5.74) is 2.72. The molecule has 0 aliphatic heterocycles. The highest BCUT2D eigenvalue weighted by Crippen LogP contribution is 1.93. The summed E-state index contributed by atoms with van der Waals surface area (Å²) in [5, 5.41) is 1.40. The van der Waals surface area contributed by atoms with Gasteiger partial charge in [-0.25, -0.2) is 15.2 Å². The lowest BCUT2D eigenvalue weighted by Gasteiger charge is -2.19. The number of amides is 1. The normalized spacial score (nSPS) is 9.91. The van der Waals surface area contributed by atoms with Gasteiger partial charge in [0.1, 0.15) is 0 Å². The third kappa shape index (κ3) is 3.83. The zero-order valence-corrected chi connectivity index (χ0v) is 7.55. The average Bonchev–Trinajstić information content (AvgIpc) is 1.88. The van der Waals surface area contributed by atoms with Crippen molar-refractivity contribution in [3.63, 3.8) is 0 Å². The number of carbonyl (C=O) groups excluding carboxylic acids is 1. The summed E-state index contributed by atoms with van der Waals surface area (Å²) in [6.07, 6.45) is -0.394. The van der Waals surface area contributed by atoms with Gasteiger partial charge in [-0.05, 0) is 20.8 Å². The van der Waals surface area contributed by atoms with E-state index < -0.39 is 0 Å². The fourth-order valence-electron chi connectivity index (χ4n) is 0.644. The summed E-state index contributed by atoms with van der Waals surface area (Å²) in [5.74, 6) is 0. The molecule has 4 heteroatoms. The van der Waals surface area contributed by atoms with Crippen molar-refractivity contribution >= 4 is 6.09 Å². The summed E-state index contributed by atoms with van der Waals surface area (Å²) in [4.78, 5) is 11.1. The van der Waals surface area contributed by atoms with Crippen LogP contribution in [-0.4, -0.2) is 30.8 Å². The standard InChI is InChI=1S/C7H16N2O2/c1-5-9(8-4)7(10)11-6(2)3/h6,8H,5H2,1-4H3. The van der Waals surface area contributed by atoms with Crippen LogP contribution in [0.15, 0.2) is 0 Å². The zero-order valence-electron chi connectivity index (χ0n) is 7.55. The van der Waals surface area contributed by atoms with Crippen LogP contribution in [0.1, 0.15) is 20.8 Å². The molecule has 0 heterocycles. The summed E-state index contributed by atoms with van der Waals surface area (Å²) < 4.78 is 4.92. The second-order valence-electron chi connectivity index (χ2n) is 2.40. The molecule has 0 saturated heterocycles. The maximum Gasteiger partial charge on any atom is 0.424 e. The Morgan fingerprint density at radius 1 is 1.64 bits per heavy atom. The third-order valence-electron chi connectivity index (χ3n) is 1.14. The Morgan fingerprint density at radius 3 is 2.45 bits per heavy atom. The van der Waals surface area contributed by atoms with Crippen molar-refractivity contribution in [3.8, 4) is 0 Å². The number of nitrogens with zero attached hydrogens (tertiary/aromatic N) is 1. The van der Waals surface area contributed by atoms with E-state index in [-0.39, 0.29) is 12.2 Å². The Hall–Kier alpha value is -0.770. The number of rotatable bonds is 3. The molecule has 0 aromatic rings. The van der Waals surface area contributed by atoms with E-state index in [1.165, 1.54) is 5.01 Å². The first-order valence-electron chi connectivity index (χ1n) is 3.77. The summed E-state index contributed by atoms with van der Waals surface area (Å²) in [6, 6.07) is 0. The highest BCUT2D eigenvalue weighted by Gasteiger charge is 2.11. The summed E-state index contributed by atoms with van der Waals surface area (Å²) in [7, 11) is 1.69. The predicted molar refractivity (Wildman–Crippen MR) is 43.1 cm³/mol. The number of hydrazine groups is 1. The van der Waals surface area contributed by atoms with Crippen molar-refractivity contribution in [3.05, 3.63) is 0 Å². The number of nitrogens with one attached hydrogen (secondary N) is 1. The molecule has 0 saturated carbocycles. The molecule has 66 valence electrons. The lowest BCUT2D eigenvalue weighted by atomic mass is 10.5. The van der Waals surface area contributed by atoms with Gasteiger partial charge in [0.15, 0.2) is 0 Å². The molecule has 0 aliphatic rings. The van der Waals surface area contributed by atoms with Crippen molar-refractivity contribution in [2.45, 2.75) is 26.9 Å². The fraction of sp³-hybridized carbons (Fsp3) is 0.857. The number of hydrogen-bond acceptors (Lipinski definition) is 3. The summed E-state index contributed by atoms with van der Waals surface area (Å²) >= 11 is 0. The van der Waals surface area contributed by atoms with Gasteiger partial charge in [-0.1, -0.05) is 0 Å². The van der Waals surface area contributed by atoms with Crippen molar-refractivity contribution in [1.82, 2.24) is 10.4 Å². The van der Waals surface area contributed by atoms with E-state index in [4.69, 9.17) is 4.74 Å². The Kier molecular flexibility index (Phi) is 4.61. The monoisotopic (exact) mass is 160 g/mol. The van der Waals surface area contributed by atoms with E-state index in [1.54, 1.807) is 7.05 Å². The second-order valence-corrected chi connectivity index (χ2v) is 2.40. The van der Waals surface area contributed by atoms with Crippen molar-refractivity contribution in [1.29, 1.82) is 0 Å². The first-order chi connectivity index (χ1) is 5.11. The molecule has 0 atom stereocenters. The largest absolute Gasteiger partial charge is 0.446 e. The highest BCUT2D eigenvalue weighted by molar-refractivity contribution is 5.67. The molecule has 0 bridgehead atoms. The molecular weight excluding hydrogens is 144 g/mol. The van der Waals surface area contributed by atoms with Crippen LogP contribution < -0.4 is 5.43 Å². The van der Waals surface area contributed by atoms with Gasteiger partial charge in [0.05, 0.1) is 6.10 Å². The molecular formula is C7H16N2O2. The Balaban J connectivity index is 3.79. The highest BCUT2D eigenvalue weighted by atomic mass is 16.6. The minimum Gasteiger partial charge on any atom is -0.446 e. The fourth-order valence-corrected chi connectivity index (χ4v) is 0.644. The molecule has 11 heavy (non-hydrogen) atoms. The third-order valence-corrected chi connectivity index (χ3v) is 1.14. The van der Waals surface area contributed by atoms with E-state index >= 15 is 0 Å². The molecule has 0 radical (unpaired) electrons. The van der Waals surface area contributed by atoms with Crippen LogP contribution in [0.3, 0.4) is 0 Å². The van der Waals surface area contributed by atoms with Crippen LogP contribution in [0.25, 0.3) is 0 Å². The topological polar surface area (TPSA) is 41.6 Å². The molecule has 1 N–H and O–H groups in total. The quantitative estimate of drug-likeness (QED) is 0.626. The number of hydrogen-bond donors (Lipinski definition) is 1. The van der Waals surface area contributed by atoms with Crippen LogP contribution in [-0.2, 0) is 4.74 Å². The van der Waals surface area contributed by atoms with Gasteiger partial charge in [0.2, 0.25) is 0 Å². The molecule has 0 unspecified atom stereocenters. The Morgan fingerprint density at radius 2 is 2.18 bits per heavy atom. The molecule has 0 aromatic carbocycles. The van der Waals surface area contributed by atoms with E-state index in [0.717, 1.165) is 0 Å². The van der Waals surface area contributed by atoms with Gasteiger partial charge in [0.25, 0.3) is 0 Å². The second kappa shape index (κ2) is 4.96. The maximum atomic E-state index is 11.1. The van der Waals surface area contributed by atoms with Gasteiger partial charge >= 0.3 is 6.09 Å². The van der Waals surface area contributed by atoms with Crippen molar-refractivity contribution in [2.75, 3.05) is 13.6 Å². The number of carbonyl (C=O) groups is 1. The molecule has 0 spiro atoms. The van der Waals surface area contributed by atoms with Crippen LogP contribution in [0.2, 0.25) is 0 Å². The smallest absolute Gasteiger partial charge is 0.424 e. The molecule has 0 rings (SSSR count). The lowest BCUT2D eigenvalue weighted by Crippen LogP contribution is -2.41. The van der Waals surface area contributed by atoms with Gasteiger partial charge in [-0.15, -0.1) is 0 Å². The molecule has 4 nitrogen and oxygen atoms in total. The first-order valence-corrected chi connectivity index (χ1v) is 3.77. The van der Waals surface area contributed by atoms with Crippen molar-refractivity contribution in [2.24, 2.45) is 0 Å². The SMILES string of the molecule is CCN(NC)C(=O)OC(C)C. The van der Waals surface area contributed by atoms with Crippen LogP contribution in [0, 0.1) is 0 Å². The lowest BCUT2D eigenvalue weighted by molar-refractivity contribution is 0.0657. The van der Waals surface area contributed by atoms with Gasteiger partial charge in [-0.3, -0.25) is 0 Å².